The third-order valence-corrected chi connectivity index (χ3v) is 4.38. The van der Waals surface area contributed by atoms with E-state index in [0.717, 1.165) is 46.9 Å². The molecule has 0 amide bonds. The molecule has 2 heterocycles. The first kappa shape index (κ1) is 14.7. The van der Waals surface area contributed by atoms with Crippen molar-refractivity contribution in [1.29, 1.82) is 0 Å². The van der Waals surface area contributed by atoms with Crippen molar-refractivity contribution in [2.75, 3.05) is 0 Å². The highest BCUT2D eigenvalue weighted by Gasteiger charge is 2.06. The lowest BCUT2D eigenvalue weighted by Gasteiger charge is -2.07. The zero-order chi connectivity index (χ0) is 16.4. The highest BCUT2D eigenvalue weighted by Crippen LogP contribution is 2.19. The number of aromatic nitrogens is 4. The predicted octanol–water partition coefficient (Wildman–Crippen LogP) is 3.92. The molecule has 4 aromatic rings. The van der Waals surface area contributed by atoms with Gasteiger partial charge in [-0.2, -0.15) is 0 Å². The Kier molecular flexibility index (Phi) is 3.87. The summed E-state index contributed by atoms with van der Waals surface area (Å²) in [6.07, 6.45) is 8.08. The molecule has 0 aliphatic carbocycles. The molecule has 0 spiro atoms. The summed E-state index contributed by atoms with van der Waals surface area (Å²) < 4.78 is 0. The molecule has 0 aliphatic rings. The number of aryl methyl sites for hydroxylation is 3. The normalized spacial score (nSPS) is 11.2. The molecule has 0 fully saturated rings. The maximum absolute atomic E-state index is 4.74. The largest absolute Gasteiger partial charge is 0.244 e. The topological polar surface area (TPSA) is 51.6 Å². The minimum Gasteiger partial charge on any atom is -0.244 e. The molecular weight excluding hydrogens is 296 g/mol. The number of fused-ring (bicyclic) bond motifs is 2. The summed E-state index contributed by atoms with van der Waals surface area (Å²) in [7, 11) is 0. The van der Waals surface area contributed by atoms with Crippen LogP contribution in [0.1, 0.15) is 23.9 Å². The fraction of sp³-hybridized carbons (Fsp3) is 0.200. The summed E-state index contributed by atoms with van der Waals surface area (Å²) in [4.78, 5) is 17.8. The van der Waals surface area contributed by atoms with Gasteiger partial charge in [0, 0.05) is 29.6 Å². The van der Waals surface area contributed by atoms with Crippen LogP contribution in [0.5, 0.6) is 0 Å². The molecule has 118 valence electrons. The zero-order valence-corrected chi connectivity index (χ0v) is 13.6. The highest BCUT2D eigenvalue weighted by atomic mass is 14.9. The zero-order valence-electron chi connectivity index (χ0n) is 13.6. The van der Waals surface area contributed by atoms with Crippen LogP contribution in [-0.2, 0) is 19.3 Å². The van der Waals surface area contributed by atoms with Crippen LogP contribution in [0, 0.1) is 0 Å². The van der Waals surface area contributed by atoms with Crippen LogP contribution in [0.2, 0.25) is 0 Å². The summed E-state index contributed by atoms with van der Waals surface area (Å²) in [5.41, 5.74) is 4.55. The van der Waals surface area contributed by atoms with E-state index in [9.17, 15) is 0 Å². The van der Waals surface area contributed by atoms with Gasteiger partial charge in [-0.25, -0.2) is 19.9 Å². The van der Waals surface area contributed by atoms with Gasteiger partial charge in [-0.15, -0.1) is 0 Å². The van der Waals surface area contributed by atoms with E-state index in [2.05, 4.69) is 52.2 Å². The van der Waals surface area contributed by atoms with Crippen LogP contribution < -0.4 is 0 Å². The standard InChI is InChI=1S/C20H18N4/c1-2-14-5-4-8-18-17(14)12-22-19(24-18)10-9-15-6-3-7-16-11-21-13-23-20(15)16/h3-8,11-13H,2,9-10H2,1H3. The third-order valence-electron chi connectivity index (χ3n) is 4.38. The number of hydrogen-bond acceptors (Lipinski definition) is 4. The molecule has 2 aromatic heterocycles. The second-order valence-corrected chi connectivity index (χ2v) is 5.87. The number of para-hydroxylation sites is 1. The molecule has 0 N–H and O–H groups in total. The van der Waals surface area contributed by atoms with Gasteiger partial charge in [0.1, 0.15) is 12.2 Å². The van der Waals surface area contributed by atoms with Crippen LogP contribution in [0.4, 0.5) is 0 Å². The monoisotopic (exact) mass is 314 g/mol. The molecule has 2 aromatic carbocycles. The number of hydrogen-bond donors (Lipinski definition) is 0. The summed E-state index contributed by atoms with van der Waals surface area (Å²) in [6, 6.07) is 12.5. The molecular formula is C20H18N4. The van der Waals surface area contributed by atoms with E-state index < -0.39 is 0 Å². The number of nitrogens with zero attached hydrogens (tertiary/aromatic N) is 4. The lowest BCUT2D eigenvalue weighted by molar-refractivity contribution is 0.871. The Labute approximate surface area is 140 Å². The second-order valence-electron chi connectivity index (χ2n) is 5.87. The average molecular weight is 314 g/mol. The Bertz CT molecular complexity index is 1010. The van der Waals surface area contributed by atoms with Crippen LogP contribution in [0.25, 0.3) is 21.8 Å². The van der Waals surface area contributed by atoms with Crippen molar-refractivity contribution in [1.82, 2.24) is 19.9 Å². The maximum atomic E-state index is 4.74. The van der Waals surface area contributed by atoms with E-state index >= 15 is 0 Å². The van der Waals surface area contributed by atoms with Gasteiger partial charge >= 0.3 is 0 Å². The molecule has 0 aliphatic heterocycles. The molecule has 0 atom stereocenters. The van der Waals surface area contributed by atoms with E-state index in [0.29, 0.717) is 0 Å². The van der Waals surface area contributed by atoms with Crippen molar-refractivity contribution in [3.8, 4) is 0 Å². The fourth-order valence-electron chi connectivity index (χ4n) is 3.11. The SMILES string of the molecule is CCc1cccc2nc(CCc3cccc4cncnc34)ncc12. The quantitative estimate of drug-likeness (QED) is 0.573. The molecule has 4 rings (SSSR count). The smallest absolute Gasteiger partial charge is 0.129 e. The van der Waals surface area contributed by atoms with Crippen LogP contribution >= 0.6 is 0 Å². The van der Waals surface area contributed by atoms with Crippen LogP contribution in [-0.4, -0.2) is 19.9 Å². The molecule has 4 heteroatoms. The molecule has 0 saturated heterocycles. The average Bonchev–Trinajstić information content (AvgIpc) is 2.65. The second kappa shape index (κ2) is 6.32. The van der Waals surface area contributed by atoms with E-state index in [1.807, 2.05) is 18.5 Å². The van der Waals surface area contributed by atoms with Gasteiger partial charge in [0.05, 0.1) is 11.0 Å². The fourth-order valence-corrected chi connectivity index (χ4v) is 3.11. The molecule has 0 saturated carbocycles. The Morgan fingerprint density at radius 3 is 2.67 bits per heavy atom. The molecule has 4 nitrogen and oxygen atoms in total. The third kappa shape index (κ3) is 2.71. The van der Waals surface area contributed by atoms with Gasteiger partial charge < -0.3 is 0 Å². The van der Waals surface area contributed by atoms with Crippen molar-refractivity contribution in [2.24, 2.45) is 0 Å². The van der Waals surface area contributed by atoms with Gasteiger partial charge in [0.2, 0.25) is 0 Å². The Balaban J connectivity index is 1.62. The minimum absolute atomic E-state index is 0.801. The first-order valence-electron chi connectivity index (χ1n) is 8.26. The van der Waals surface area contributed by atoms with Crippen molar-refractivity contribution < 1.29 is 0 Å². The maximum Gasteiger partial charge on any atom is 0.129 e. The van der Waals surface area contributed by atoms with Crippen molar-refractivity contribution in [3.05, 3.63) is 72.1 Å². The van der Waals surface area contributed by atoms with Gasteiger partial charge in [-0.1, -0.05) is 37.3 Å². The van der Waals surface area contributed by atoms with Gasteiger partial charge in [0.15, 0.2) is 0 Å². The first-order valence-corrected chi connectivity index (χ1v) is 8.26. The highest BCUT2D eigenvalue weighted by molar-refractivity contribution is 5.82. The van der Waals surface area contributed by atoms with Crippen LogP contribution in [0.15, 0.2) is 55.1 Å². The Hall–Kier alpha value is -2.88. The van der Waals surface area contributed by atoms with Crippen LogP contribution in [0.3, 0.4) is 0 Å². The Morgan fingerprint density at radius 1 is 0.875 bits per heavy atom. The van der Waals surface area contributed by atoms with E-state index in [1.54, 1.807) is 6.33 Å². The summed E-state index contributed by atoms with van der Waals surface area (Å²) in [5, 5.41) is 2.23. The van der Waals surface area contributed by atoms with E-state index in [4.69, 9.17) is 4.98 Å². The lowest BCUT2D eigenvalue weighted by atomic mass is 10.1. The minimum atomic E-state index is 0.801. The lowest BCUT2D eigenvalue weighted by Crippen LogP contribution is -2.00. The van der Waals surface area contributed by atoms with Crippen molar-refractivity contribution in [2.45, 2.75) is 26.2 Å². The number of benzene rings is 2. The molecule has 0 unspecified atom stereocenters. The number of rotatable bonds is 4. The summed E-state index contributed by atoms with van der Waals surface area (Å²) >= 11 is 0. The van der Waals surface area contributed by atoms with Gasteiger partial charge in [-0.3, -0.25) is 0 Å². The first-order chi connectivity index (χ1) is 11.8. The predicted molar refractivity (Wildman–Crippen MR) is 95.9 cm³/mol. The summed E-state index contributed by atoms with van der Waals surface area (Å²) in [5.74, 6) is 0.877. The molecule has 24 heavy (non-hydrogen) atoms. The van der Waals surface area contributed by atoms with E-state index in [1.165, 1.54) is 11.1 Å². The molecule has 0 radical (unpaired) electrons. The molecule has 0 bridgehead atoms. The Morgan fingerprint density at radius 2 is 1.75 bits per heavy atom. The van der Waals surface area contributed by atoms with Gasteiger partial charge in [0.25, 0.3) is 0 Å². The van der Waals surface area contributed by atoms with Gasteiger partial charge in [-0.05, 0) is 30.0 Å². The van der Waals surface area contributed by atoms with Crippen molar-refractivity contribution >= 4 is 21.8 Å². The summed E-state index contributed by atoms with van der Waals surface area (Å²) in [6.45, 7) is 2.16. The van der Waals surface area contributed by atoms with Crippen molar-refractivity contribution in [3.63, 3.8) is 0 Å². The van der Waals surface area contributed by atoms with E-state index in [-0.39, 0.29) is 0 Å².